The first kappa shape index (κ1) is 27.2. The van der Waals surface area contributed by atoms with Crippen LogP contribution in [0.5, 0.6) is 0 Å². The maximum Gasteiger partial charge on any atom is 0.416 e. The quantitative estimate of drug-likeness (QED) is 0.497. The number of hydrogen-bond donors (Lipinski definition) is 1. The SMILES string of the molecule is O=C(CN1CN(c2ccccc2)C2(CCN(C(=O)c3ccccc3)CC2)C1=O)NCc1cccc(C(F)(F)F)c1. The molecule has 7 nitrogen and oxygen atoms in total. The lowest BCUT2D eigenvalue weighted by atomic mass is 9.85. The number of rotatable bonds is 6. The van der Waals surface area contributed by atoms with Crippen LogP contribution in [-0.4, -0.2) is 59.4 Å². The number of carbonyl (C=O) groups is 3. The summed E-state index contributed by atoms with van der Waals surface area (Å²) in [6.07, 6.45) is -3.66. The molecule has 0 atom stereocenters. The van der Waals surface area contributed by atoms with Gasteiger partial charge in [0.15, 0.2) is 0 Å². The van der Waals surface area contributed by atoms with Gasteiger partial charge in [-0.3, -0.25) is 14.4 Å². The second-order valence-electron chi connectivity index (χ2n) is 10.1. The molecule has 2 aliphatic rings. The summed E-state index contributed by atoms with van der Waals surface area (Å²) in [4.78, 5) is 44.9. The average molecular weight is 551 g/mol. The van der Waals surface area contributed by atoms with E-state index in [4.69, 9.17) is 0 Å². The molecule has 3 aromatic carbocycles. The zero-order valence-electron chi connectivity index (χ0n) is 21.7. The van der Waals surface area contributed by atoms with E-state index >= 15 is 0 Å². The third-order valence-electron chi connectivity index (χ3n) is 7.56. The molecule has 0 bridgehead atoms. The molecule has 3 amide bonds. The van der Waals surface area contributed by atoms with Gasteiger partial charge in [-0.15, -0.1) is 0 Å². The third-order valence-corrected chi connectivity index (χ3v) is 7.56. The molecule has 40 heavy (non-hydrogen) atoms. The summed E-state index contributed by atoms with van der Waals surface area (Å²) >= 11 is 0. The van der Waals surface area contributed by atoms with Crippen molar-refractivity contribution in [2.24, 2.45) is 0 Å². The summed E-state index contributed by atoms with van der Waals surface area (Å²) < 4.78 is 39.1. The number of alkyl halides is 3. The standard InChI is InChI=1S/C30H29F3N4O3/c31-30(32,33)24-11-7-8-22(18-24)19-34-26(38)20-36-21-37(25-12-5-2-6-13-25)29(28(36)40)14-16-35(17-15-29)27(39)23-9-3-1-4-10-23/h1-13,18H,14-17,19-21H2,(H,34,38). The van der Waals surface area contributed by atoms with Gasteiger partial charge in [-0.05, 0) is 54.8 Å². The number of anilines is 1. The summed E-state index contributed by atoms with van der Waals surface area (Å²) in [6.45, 7) is 0.646. The predicted octanol–water partition coefficient (Wildman–Crippen LogP) is 4.30. The molecular weight excluding hydrogens is 521 g/mol. The van der Waals surface area contributed by atoms with E-state index in [1.807, 2.05) is 53.4 Å². The van der Waals surface area contributed by atoms with Crippen molar-refractivity contribution < 1.29 is 27.6 Å². The number of amides is 3. The number of para-hydroxylation sites is 1. The van der Waals surface area contributed by atoms with Crippen molar-refractivity contribution in [1.29, 1.82) is 0 Å². The Kier molecular flexibility index (Phi) is 7.51. The second kappa shape index (κ2) is 11.0. The van der Waals surface area contributed by atoms with Crippen molar-refractivity contribution in [3.05, 3.63) is 102 Å². The molecule has 1 N–H and O–H groups in total. The number of nitrogens with zero attached hydrogens (tertiary/aromatic N) is 3. The van der Waals surface area contributed by atoms with Crippen LogP contribution in [0.4, 0.5) is 18.9 Å². The van der Waals surface area contributed by atoms with Crippen LogP contribution in [0.15, 0.2) is 84.9 Å². The van der Waals surface area contributed by atoms with Gasteiger partial charge in [-0.2, -0.15) is 13.2 Å². The van der Waals surface area contributed by atoms with E-state index in [0.29, 0.717) is 37.1 Å². The van der Waals surface area contributed by atoms with Crippen LogP contribution >= 0.6 is 0 Å². The van der Waals surface area contributed by atoms with Gasteiger partial charge in [0.2, 0.25) is 5.91 Å². The highest BCUT2D eigenvalue weighted by Crippen LogP contribution is 2.39. The first-order valence-corrected chi connectivity index (χ1v) is 13.1. The van der Waals surface area contributed by atoms with Crippen molar-refractivity contribution in [1.82, 2.24) is 15.1 Å². The molecule has 2 aliphatic heterocycles. The molecule has 2 fully saturated rings. The van der Waals surface area contributed by atoms with Crippen LogP contribution < -0.4 is 10.2 Å². The molecule has 0 aromatic heterocycles. The highest BCUT2D eigenvalue weighted by atomic mass is 19.4. The first-order valence-electron chi connectivity index (χ1n) is 13.1. The molecule has 3 aromatic rings. The number of halogens is 3. The van der Waals surface area contributed by atoms with Gasteiger partial charge in [0, 0.05) is 30.9 Å². The van der Waals surface area contributed by atoms with E-state index in [1.54, 1.807) is 17.0 Å². The van der Waals surface area contributed by atoms with Gasteiger partial charge in [-0.25, -0.2) is 0 Å². The van der Waals surface area contributed by atoms with Gasteiger partial charge < -0.3 is 20.0 Å². The summed E-state index contributed by atoms with van der Waals surface area (Å²) in [5.41, 5.74) is 0.0527. The van der Waals surface area contributed by atoms with Crippen molar-refractivity contribution in [3.63, 3.8) is 0 Å². The Bertz CT molecular complexity index is 1370. The Morgan fingerprint density at radius 3 is 2.17 bits per heavy atom. The molecule has 0 unspecified atom stereocenters. The van der Waals surface area contributed by atoms with Crippen LogP contribution in [-0.2, 0) is 22.3 Å². The van der Waals surface area contributed by atoms with E-state index in [9.17, 15) is 27.6 Å². The van der Waals surface area contributed by atoms with Crippen LogP contribution in [0.3, 0.4) is 0 Å². The van der Waals surface area contributed by atoms with Crippen molar-refractivity contribution in [2.45, 2.75) is 31.1 Å². The Labute approximate surface area is 230 Å². The van der Waals surface area contributed by atoms with Crippen LogP contribution in [0.1, 0.15) is 34.3 Å². The van der Waals surface area contributed by atoms with Gasteiger partial charge in [0.25, 0.3) is 11.8 Å². The average Bonchev–Trinajstić information content (AvgIpc) is 3.23. The number of hydrogen-bond acceptors (Lipinski definition) is 4. The van der Waals surface area contributed by atoms with Gasteiger partial charge in [0.1, 0.15) is 12.1 Å². The van der Waals surface area contributed by atoms with Crippen LogP contribution in [0, 0.1) is 0 Å². The molecule has 5 rings (SSSR count). The molecule has 2 saturated heterocycles. The Morgan fingerprint density at radius 1 is 0.875 bits per heavy atom. The minimum atomic E-state index is -4.47. The minimum Gasteiger partial charge on any atom is -0.350 e. The topological polar surface area (TPSA) is 73.0 Å². The predicted molar refractivity (Wildman–Crippen MR) is 143 cm³/mol. The van der Waals surface area contributed by atoms with E-state index in [0.717, 1.165) is 17.8 Å². The maximum atomic E-state index is 13.9. The molecular formula is C30H29F3N4O3. The molecule has 208 valence electrons. The van der Waals surface area contributed by atoms with Crippen molar-refractivity contribution in [2.75, 3.05) is 31.2 Å². The zero-order valence-corrected chi connectivity index (χ0v) is 21.7. The molecule has 10 heteroatoms. The Morgan fingerprint density at radius 2 is 1.52 bits per heavy atom. The van der Waals surface area contributed by atoms with Crippen molar-refractivity contribution in [3.8, 4) is 0 Å². The second-order valence-corrected chi connectivity index (χ2v) is 10.1. The fourth-order valence-corrected chi connectivity index (χ4v) is 5.45. The summed E-state index contributed by atoms with van der Waals surface area (Å²) in [6, 6.07) is 23.3. The van der Waals surface area contributed by atoms with Gasteiger partial charge in [-0.1, -0.05) is 48.5 Å². The lowest BCUT2D eigenvalue weighted by molar-refractivity contribution is -0.138. The number of likely N-dealkylation sites (tertiary alicyclic amines) is 1. The molecule has 0 saturated carbocycles. The Balaban J connectivity index is 1.28. The lowest BCUT2D eigenvalue weighted by Gasteiger charge is -2.43. The summed E-state index contributed by atoms with van der Waals surface area (Å²) in [5.74, 6) is -0.747. The highest BCUT2D eigenvalue weighted by molar-refractivity contribution is 5.97. The van der Waals surface area contributed by atoms with E-state index in [1.165, 1.54) is 17.0 Å². The van der Waals surface area contributed by atoms with Crippen LogP contribution in [0.2, 0.25) is 0 Å². The van der Waals surface area contributed by atoms with E-state index < -0.39 is 23.2 Å². The Hall–Kier alpha value is -4.34. The smallest absolute Gasteiger partial charge is 0.350 e. The lowest BCUT2D eigenvalue weighted by Crippen LogP contribution is -2.57. The maximum absolute atomic E-state index is 13.9. The summed E-state index contributed by atoms with van der Waals surface area (Å²) in [5, 5.41) is 2.64. The number of piperidine rings is 1. The minimum absolute atomic E-state index is 0.0852. The first-order chi connectivity index (χ1) is 19.2. The normalized spacial score (nSPS) is 16.9. The molecule has 1 spiro atoms. The third kappa shape index (κ3) is 5.52. The van der Waals surface area contributed by atoms with Gasteiger partial charge >= 0.3 is 6.18 Å². The van der Waals surface area contributed by atoms with Crippen molar-refractivity contribution >= 4 is 23.4 Å². The molecule has 0 radical (unpaired) electrons. The number of carbonyl (C=O) groups excluding carboxylic acids is 3. The highest BCUT2D eigenvalue weighted by Gasteiger charge is 2.54. The number of benzene rings is 3. The molecule has 2 heterocycles. The van der Waals surface area contributed by atoms with E-state index in [2.05, 4.69) is 5.32 Å². The fourth-order valence-electron chi connectivity index (χ4n) is 5.45. The number of nitrogens with one attached hydrogen (secondary N) is 1. The molecule has 0 aliphatic carbocycles. The fraction of sp³-hybridized carbons (Fsp3) is 0.300. The van der Waals surface area contributed by atoms with Crippen LogP contribution in [0.25, 0.3) is 0 Å². The largest absolute Gasteiger partial charge is 0.416 e. The van der Waals surface area contributed by atoms with E-state index in [-0.39, 0.29) is 31.6 Å². The monoisotopic (exact) mass is 550 g/mol. The zero-order chi connectivity index (χ0) is 28.3. The van der Waals surface area contributed by atoms with Gasteiger partial charge in [0.05, 0.1) is 12.2 Å². The summed E-state index contributed by atoms with van der Waals surface area (Å²) in [7, 11) is 0.